The second-order valence-electron chi connectivity index (χ2n) is 9.23. The van der Waals surface area contributed by atoms with Gasteiger partial charge in [0.2, 0.25) is 5.91 Å². The van der Waals surface area contributed by atoms with Gasteiger partial charge in [-0.25, -0.2) is 14.2 Å². The van der Waals surface area contributed by atoms with E-state index in [0.717, 1.165) is 34.0 Å². The second-order valence-corrected chi connectivity index (χ2v) is 10.9. The summed E-state index contributed by atoms with van der Waals surface area (Å²) >= 11 is 0. The molecule has 14 heteroatoms. The number of piperazine rings is 1. The first-order valence-corrected chi connectivity index (χ1v) is 13.8. The Morgan fingerprint density at radius 3 is 2.40 bits per heavy atom. The molecule has 0 aliphatic carbocycles. The standard InChI is InChI=1S/C26H26FN7O5S/c1-2-15-3-5-16(6-4-15)23-22-18(26(36)37)14-21(29-25(22)31-30-23)33-9-11-34(12-10-33)40(38,39)32-20-8-7-17(24(28)35)13-19(20)27/h3-8,13-14,32H,2,9-12H2,1H3,(H2,28,35)(H,36,37)(H,29,30,31). The molecule has 2 aromatic heterocycles. The first-order valence-electron chi connectivity index (χ1n) is 12.4. The van der Waals surface area contributed by atoms with E-state index in [-0.39, 0.29) is 48.6 Å². The number of nitrogens with one attached hydrogen (secondary N) is 2. The van der Waals surface area contributed by atoms with Crippen molar-refractivity contribution in [2.75, 3.05) is 35.8 Å². The molecule has 2 aromatic carbocycles. The zero-order chi connectivity index (χ0) is 28.6. The Balaban J connectivity index is 1.35. The number of pyridine rings is 1. The largest absolute Gasteiger partial charge is 0.478 e. The lowest BCUT2D eigenvalue weighted by molar-refractivity contribution is 0.0698. The van der Waals surface area contributed by atoms with Crippen LogP contribution in [0.4, 0.5) is 15.9 Å². The van der Waals surface area contributed by atoms with Gasteiger partial charge in [0.25, 0.3) is 0 Å². The molecule has 4 aromatic rings. The number of aromatic nitrogens is 3. The molecule has 0 spiro atoms. The minimum Gasteiger partial charge on any atom is -0.478 e. The number of halogens is 1. The van der Waals surface area contributed by atoms with Gasteiger partial charge in [0.1, 0.15) is 11.6 Å². The van der Waals surface area contributed by atoms with Crippen LogP contribution in [0.2, 0.25) is 0 Å². The molecule has 1 aliphatic heterocycles. The van der Waals surface area contributed by atoms with Gasteiger partial charge in [-0.2, -0.15) is 17.8 Å². The fraction of sp³-hybridized carbons (Fsp3) is 0.231. The summed E-state index contributed by atoms with van der Waals surface area (Å²) in [6.45, 7) is 2.53. The van der Waals surface area contributed by atoms with Crippen molar-refractivity contribution in [1.29, 1.82) is 0 Å². The van der Waals surface area contributed by atoms with Crippen molar-refractivity contribution in [1.82, 2.24) is 19.5 Å². The quantitative estimate of drug-likeness (QED) is 0.251. The van der Waals surface area contributed by atoms with Gasteiger partial charge in [0.15, 0.2) is 5.65 Å². The molecule has 1 amide bonds. The van der Waals surface area contributed by atoms with Gasteiger partial charge < -0.3 is 15.7 Å². The number of aryl methyl sites for hydroxylation is 1. The van der Waals surface area contributed by atoms with Crippen LogP contribution in [0.25, 0.3) is 22.3 Å². The molecular formula is C26H26FN7O5S. The molecule has 12 nitrogen and oxygen atoms in total. The van der Waals surface area contributed by atoms with Crippen LogP contribution in [-0.2, 0) is 16.6 Å². The van der Waals surface area contributed by atoms with Crippen LogP contribution in [0.5, 0.6) is 0 Å². The van der Waals surface area contributed by atoms with Crippen molar-refractivity contribution in [3.05, 3.63) is 71.0 Å². The van der Waals surface area contributed by atoms with Gasteiger partial charge in [0.05, 0.1) is 22.3 Å². The topological polar surface area (TPSA) is 175 Å². The minimum atomic E-state index is -4.12. The Morgan fingerprint density at radius 2 is 1.80 bits per heavy atom. The van der Waals surface area contributed by atoms with Crippen LogP contribution < -0.4 is 15.4 Å². The van der Waals surface area contributed by atoms with Gasteiger partial charge in [0, 0.05) is 37.3 Å². The maximum absolute atomic E-state index is 14.3. The molecule has 40 heavy (non-hydrogen) atoms. The highest BCUT2D eigenvalue weighted by Crippen LogP contribution is 2.31. The zero-order valence-electron chi connectivity index (χ0n) is 21.4. The molecule has 0 bridgehead atoms. The molecule has 208 valence electrons. The summed E-state index contributed by atoms with van der Waals surface area (Å²) in [6, 6.07) is 12.4. The van der Waals surface area contributed by atoms with Gasteiger partial charge in [-0.3, -0.25) is 14.6 Å². The number of carboxylic acid groups (broad SMARTS) is 1. The molecule has 0 saturated carbocycles. The molecule has 0 atom stereocenters. The number of primary amides is 1. The van der Waals surface area contributed by atoms with E-state index in [9.17, 15) is 27.5 Å². The Hall–Kier alpha value is -4.56. The molecule has 5 N–H and O–H groups in total. The lowest BCUT2D eigenvalue weighted by Gasteiger charge is -2.34. The average Bonchev–Trinajstić information content (AvgIpc) is 3.37. The van der Waals surface area contributed by atoms with Gasteiger partial charge >= 0.3 is 16.2 Å². The fourth-order valence-corrected chi connectivity index (χ4v) is 5.79. The monoisotopic (exact) mass is 567 g/mol. The van der Waals surface area contributed by atoms with Gasteiger partial charge in [-0.15, -0.1) is 0 Å². The number of fused-ring (bicyclic) bond motifs is 1. The normalized spacial score (nSPS) is 14.4. The Kier molecular flexibility index (Phi) is 7.12. The SMILES string of the molecule is CCc1ccc(-c2[nH]nc3nc(N4CCN(S(=O)(=O)Nc5ccc(C(N)=O)cc5F)CC4)cc(C(=O)O)c23)cc1. The van der Waals surface area contributed by atoms with Crippen LogP contribution in [-0.4, -0.2) is 71.1 Å². The van der Waals surface area contributed by atoms with Crippen molar-refractivity contribution < 1.29 is 27.5 Å². The third kappa shape index (κ3) is 5.18. The summed E-state index contributed by atoms with van der Waals surface area (Å²) < 4.78 is 43.5. The first-order chi connectivity index (χ1) is 19.1. The second kappa shape index (κ2) is 10.5. The molecule has 1 fully saturated rings. The van der Waals surface area contributed by atoms with Crippen molar-refractivity contribution >= 4 is 44.6 Å². The molecule has 0 radical (unpaired) electrons. The number of hydrogen-bond acceptors (Lipinski definition) is 7. The third-order valence-corrected chi connectivity index (χ3v) is 8.31. The summed E-state index contributed by atoms with van der Waals surface area (Å²) in [6.07, 6.45) is 0.876. The van der Waals surface area contributed by atoms with Crippen LogP contribution in [0.15, 0.2) is 48.5 Å². The van der Waals surface area contributed by atoms with Crippen LogP contribution >= 0.6 is 0 Å². The summed E-state index contributed by atoms with van der Waals surface area (Å²) in [5.74, 6) is -2.56. The summed E-state index contributed by atoms with van der Waals surface area (Å²) in [4.78, 5) is 29.8. The minimum absolute atomic E-state index is 0.0231. The van der Waals surface area contributed by atoms with Crippen molar-refractivity contribution in [2.45, 2.75) is 13.3 Å². The van der Waals surface area contributed by atoms with Crippen molar-refractivity contribution in [3.63, 3.8) is 0 Å². The maximum atomic E-state index is 14.3. The van der Waals surface area contributed by atoms with Crippen LogP contribution in [0, 0.1) is 5.82 Å². The van der Waals surface area contributed by atoms with Gasteiger partial charge in [-0.1, -0.05) is 31.2 Å². The smallest absolute Gasteiger partial charge is 0.336 e. The summed E-state index contributed by atoms with van der Waals surface area (Å²) in [5, 5.41) is 17.5. The highest BCUT2D eigenvalue weighted by atomic mass is 32.2. The maximum Gasteiger partial charge on any atom is 0.336 e. The molecule has 1 aliphatic rings. The van der Waals surface area contributed by atoms with Crippen LogP contribution in [0.3, 0.4) is 0 Å². The predicted octanol–water partition coefficient (Wildman–Crippen LogP) is 2.60. The van der Waals surface area contributed by atoms with Crippen molar-refractivity contribution in [2.24, 2.45) is 5.73 Å². The number of amides is 1. The molecule has 0 unspecified atom stereocenters. The highest BCUT2D eigenvalue weighted by Gasteiger charge is 2.29. The van der Waals surface area contributed by atoms with E-state index in [1.54, 1.807) is 4.90 Å². The van der Waals surface area contributed by atoms with E-state index in [1.165, 1.54) is 12.1 Å². The van der Waals surface area contributed by atoms with E-state index in [1.807, 2.05) is 31.2 Å². The summed E-state index contributed by atoms with van der Waals surface area (Å²) in [5.41, 5.74) is 7.46. The summed E-state index contributed by atoms with van der Waals surface area (Å²) in [7, 11) is -4.12. The van der Waals surface area contributed by atoms with Crippen molar-refractivity contribution in [3.8, 4) is 11.3 Å². The molecule has 1 saturated heterocycles. The van der Waals surface area contributed by atoms with E-state index in [0.29, 0.717) is 16.9 Å². The number of anilines is 2. The number of carbonyl (C=O) groups excluding carboxylic acids is 1. The highest BCUT2D eigenvalue weighted by molar-refractivity contribution is 7.90. The Bertz CT molecular complexity index is 1720. The van der Waals surface area contributed by atoms with Crippen LogP contribution in [0.1, 0.15) is 33.2 Å². The Morgan fingerprint density at radius 1 is 1.10 bits per heavy atom. The zero-order valence-corrected chi connectivity index (χ0v) is 22.2. The number of carboxylic acids is 1. The van der Waals surface area contributed by atoms with E-state index in [4.69, 9.17) is 5.73 Å². The first kappa shape index (κ1) is 27.0. The molecule has 3 heterocycles. The number of aromatic amines is 1. The number of H-pyrrole nitrogens is 1. The number of aromatic carboxylic acids is 1. The third-order valence-electron chi connectivity index (χ3n) is 6.79. The lowest BCUT2D eigenvalue weighted by Crippen LogP contribution is -2.50. The van der Waals surface area contributed by atoms with E-state index in [2.05, 4.69) is 19.9 Å². The number of nitrogens with zero attached hydrogens (tertiary/aromatic N) is 4. The number of benzene rings is 2. The van der Waals surface area contributed by atoms with E-state index >= 15 is 0 Å². The number of rotatable bonds is 8. The number of hydrogen-bond donors (Lipinski definition) is 4. The molecular weight excluding hydrogens is 541 g/mol. The fourth-order valence-electron chi connectivity index (χ4n) is 4.57. The number of nitrogens with two attached hydrogens (primary N) is 1. The predicted molar refractivity (Wildman–Crippen MR) is 147 cm³/mol. The van der Waals surface area contributed by atoms with E-state index < -0.39 is 27.9 Å². The lowest BCUT2D eigenvalue weighted by atomic mass is 10.0. The van der Waals surface area contributed by atoms with Gasteiger partial charge in [-0.05, 0) is 36.2 Å². The average molecular weight is 568 g/mol. The molecule has 5 rings (SSSR count). The number of carbonyl (C=O) groups is 2. The Labute approximate surface area is 228 Å².